The van der Waals surface area contributed by atoms with Crippen molar-refractivity contribution in [1.82, 2.24) is 0 Å². The van der Waals surface area contributed by atoms with Crippen molar-refractivity contribution in [1.29, 1.82) is 0 Å². The molecule has 0 amide bonds. The Morgan fingerprint density at radius 3 is 2.71 bits per heavy atom. The molecule has 1 rings (SSSR count). The van der Waals surface area contributed by atoms with E-state index in [2.05, 4.69) is 13.8 Å². The first-order valence-corrected chi connectivity index (χ1v) is 6.89. The van der Waals surface area contributed by atoms with E-state index in [0.29, 0.717) is 25.0 Å². The van der Waals surface area contributed by atoms with Gasteiger partial charge in [-0.15, -0.1) is 0 Å². The molecule has 0 saturated heterocycles. The lowest BCUT2D eigenvalue weighted by Crippen LogP contribution is -2.47. The number of hydrogen-bond acceptors (Lipinski definition) is 3. The van der Waals surface area contributed by atoms with E-state index in [4.69, 9.17) is 9.47 Å². The van der Waals surface area contributed by atoms with E-state index in [1.165, 1.54) is 6.42 Å². The second-order valence-corrected chi connectivity index (χ2v) is 5.60. The molecule has 0 aliphatic heterocycles. The normalized spacial score (nSPS) is 29.8. The van der Waals surface area contributed by atoms with Crippen molar-refractivity contribution in [2.45, 2.75) is 51.6 Å². The maximum absolute atomic E-state index is 10.7. The van der Waals surface area contributed by atoms with Gasteiger partial charge in [0.1, 0.15) is 0 Å². The molecule has 1 aliphatic rings. The molecular formula is C14H28O3. The zero-order valence-electron chi connectivity index (χ0n) is 11.6. The van der Waals surface area contributed by atoms with Gasteiger partial charge in [0, 0.05) is 20.3 Å². The fraction of sp³-hybridized carbons (Fsp3) is 1.00. The van der Waals surface area contributed by atoms with Crippen LogP contribution < -0.4 is 0 Å². The molecular weight excluding hydrogens is 216 g/mol. The van der Waals surface area contributed by atoms with Crippen LogP contribution in [-0.4, -0.2) is 37.6 Å². The van der Waals surface area contributed by atoms with Gasteiger partial charge < -0.3 is 14.6 Å². The van der Waals surface area contributed by atoms with Gasteiger partial charge in [-0.05, 0) is 31.1 Å². The fourth-order valence-corrected chi connectivity index (χ4v) is 2.94. The van der Waals surface area contributed by atoms with E-state index in [9.17, 15) is 5.11 Å². The average Bonchev–Trinajstić information content (AvgIpc) is 2.29. The van der Waals surface area contributed by atoms with Gasteiger partial charge in [-0.25, -0.2) is 0 Å². The van der Waals surface area contributed by atoms with Gasteiger partial charge >= 0.3 is 0 Å². The van der Waals surface area contributed by atoms with Gasteiger partial charge in [0.15, 0.2) is 0 Å². The van der Waals surface area contributed by atoms with Gasteiger partial charge in [-0.3, -0.25) is 0 Å². The summed E-state index contributed by atoms with van der Waals surface area (Å²) in [6, 6.07) is 0. The molecule has 1 N–H and O–H groups in total. The monoisotopic (exact) mass is 244 g/mol. The van der Waals surface area contributed by atoms with Crippen LogP contribution in [0.4, 0.5) is 0 Å². The summed E-state index contributed by atoms with van der Waals surface area (Å²) in [5, 5.41) is 10.7. The molecule has 0 heterocycles. The second kappa shape index (κ2) is 7.34. The summed E-state index contributed by atoms with van der Waals surface area (Å²) in [4.78, 5) is 0. The molecule has 1 saturated carbocycles. The van der Waals surface area contributed by atoms with Crippen LogP contribution in [0.25, 0.3) is 0 Å². The van der Waals surface area contributed by atoms with Gasteiger partial charge in [0.25, 0.3) is 0 Å². The number of ether oxygens (including phenoxy) is 2. The molecule has 102 valence electrons. The molecule has 2 atom stereocenters. The third kappa shape index (κ3) is 4.57. The highest BCUT2D eigenvalue weighted by molar-refractivity contribution is 4.91. The minimum atomic E-state index is -0.598. The van der Waals surface area contributed by atoms with E-state index in [-0.39, 0.29) is 0 Å². The smallest absolute Gasteiger partial charge is 0.0910 e. The van der Waals surface area contributed by atoms with Crippen LogP contribution in [-0.2, 0) is 9.47 Å². The molecule has 3 heteroatoms. The first kappa shape index (κ1) is 14.9. The van der Waals surface area contributed by atoms with Crippen LogP contribution in [0.5, 0.6) is 0 Å². The Balaban J connectivity index is 2.35. The van der Waals surface area contributed by atoms with E-state index < -0.39 is 5.60 Å². The topological polar surface area (TPSA) is 38.7 Å². The Morgan fingerprint density at radius 2 is 2.06 bits per heavy atom. The number of hydrogen-bond donors (Lipinski definition) is 1. The van der Waals surface area contributed by atoms with Gasteiger partial charge in [-0.2, -0.15) is 0 Å². The lowest BCUT2D eigenvalue weighted by Gasteiger charge is -2.42. The summed E-state index contributed by atoms with van der Waals surface area (Å²) < 4.78 is 10.6. The highest BCUT2D eigenvalue weighted by atomic mass is 16.5. The van der Waals surface area contributed by atoms with Crippen molar-refractivity contribution in [3.63, 3.8) is 0 Å². The Morgan fingerprint density at radius 1 is 1.29 bits per heavy atom. The van der Waals surface area contributed by atoms with Gasteiger partial charge in [-0.1, -0.05) is 26.7 Å². The molecule has 3 nitrogen and oxygen atoms in total. The zero-order chi connectivity index (χ0) is 12.7. The Labute approximate surface area is 105 Å². The molecule has 0 aromatic rings. The summed E-state index contributed by atoms with van der Waals surface area (Å²) in [6.45, 7) is 6.30. The van der Waals surface area contributed by atoms with Crippen LogP contribution in [0, 0.1) is 11.8 Å². The standard InChI is InChI=1S/C14H28O3/c1-12(2)13-7-4-5-8-14(13,15)11-17-10-6-9-16-3/h12-13,15H,4-11H2,1-3H3. The highest BCUT2D eigenvalue weighted by Gasteiger charge is 2.40. The molecule has 1 fully saturated rings. The first-order chi connectivity index (χ1) is 8.10. The molecule has 0 radical (unpaired) electrons. The SMILES string of the molecule is COCCCOCC1(O)CCCCC1C(C)C. The Bertz CT molecular complexity index is 206. The molecule has 1 aliphatic carbocycles. The largest absolute Gasteiger partial charge is 0.387 e. The maximum atomic E-state index is 10.7. The van der Waals surface area contributed by atoms with Crippen molar-refractivity contribution >= 4 is 0 Å². The van der Waals surface area contributed by atoms with Crippen LogP contribution >= 0.6 is 0 Å². The third-order valence-electron chi connectivity index (χ3n) is 3.86. The van der Waals surface area contributed by atoms with E-state index in [0.717, 1.165) is 32.3 Å². The van der Waals surface area contributed by atoms with Crippen LogP contribution in [0.3, 0.4) is 0 Å². The van der Waals surface area contributed by atoms with Gasteiger partial charge in [0.2, 0.25) is 0 Å². The first-order valence-electron chi connectivity index (χ1n) is 6.89. The summed E-state index contributed by atoms with van der Waals surface area (Å²) in [7, 11) is 1.70. The maximum Gasteiger partial charge on any atom is 0.0910 e. The molecule has 2 unspecified atom stereocenters. The van der Waals surface area contributed by atoms with Gasteiger partial charge in [0.05, 0.1) is 12.2 Å². The summed E-state index contributed by atoms with van der Waals surface area (Å²) >= 11 is 0. The third-order valence-corrected chi connectivity index (χ3v) is 3.86. The van der Waals surface area contributed by atoms with E-state index >= 15 is 0 Å². The lowest BCUT2D eigenvalue weighted by molar-refractivity contribution is -0.118. The summed E-state index contributed by atoms with van der Waals surface area (Å²) in [5.74, 6) is 0.918. The zero-order valence-corrected chi connectivity index (χ0v) is 11.6. The van der Waals surface area contributed by atoms with Crippen LogP contribution in [0.1, 0.15) is 46.0 Å². The number of rotatable bonds is 7. The van der Waals surface area contributed by atoms with Crippen molar-refractivity contribution < 1.29 is 14.6 Å². The number of methoxy groups -OCH3 is 1. The Hall–Kier alpha value is -0.120. The Kier molecular flexibility index (Phi) is 6.45. The van der Waals surface area contributed by atoms with E-state index in [1.54, 1.807) is 7.11 Å². The molecule has 0 aromatic heterocycles. The van der Waals surface area contributed by atoms with Crippen LogP contribution in [0.15, 0.2) is 0 Å². The minimum Gasteiger partial charge on any atom is -0.387 e. The lowest BCUT2D eigenvalue weighted by atomic mass is 9.70. The average molecular weight is 244 g/mol. The van der Waals surface area contributed by atoms with Crippen molar-refractivity contribution in [2.75, 3.05) is 26.9 Å². The van der Waals surface area contributed by atoms with Crippen molar-refractivity contribution in [3.8, 4) is 0 Å². The minimum absolute atomic E-state index is 0.388. The van der Waals surface area contributed by atoms with Crippen LogP contribution in [0.2, 0.25) is 0 Å². The van der Waals surface area contributed by atoms with Crippen molar-refractivity contribution in [3.05, 3.63) is 0 Å². The highest BCUT2D eigenvalue weighted by Crippen LogP contribution is 2.38. The molecule has 0 aromatic carbocycles. The predicted molar refractivity (Wildman–Crippen MR) is 69.1 cm³/mol. The molecule has 0 bridgehead atoms. The predicted octanol–water partition coefficient (Wildman–Crippen LogP) is 2.62. The molecule has 0 spiro atoms. The number of aliphatic hydroxyl groups is 1. The quantitative estimate of drug-likeness (QED) is 0.700. The fourth-order valence-electron chi connectivity index (χ4n) is 2.94. The summed E-state index contributed by atoms with van der Waals surface area (Å²) in [6.07, 6.45) is 5.30. The van der Waals surface area contributed by atoms with Crippen molar-refractivity contribution in [2.24, 2.45) is 11.8 Å². The van der Waals surface area contributed by atoms with E-state index in [1.807, 2.05) is 0 Å². The second-order valence-electron chi connectivity index (χ2n) is 5.60. The summed E-state index contributed by atoms with van der Waals surface area (Å²) in [5.41, 5.74) is -0.598. The molecule has 17 heavy (non-hydrogen) atoms.